The van der Waals surface area contributed by atoms with Gasteiger partial charge in [0.1, 0.15) is 0 Å². The van der Waals surface area contributed by atoms with E-state index >= 15 is 0 Å². The Morgan fingerprint density at radius 3 is 2.90 bits per heavy atom. The summed E-state index contributed by atoms with van der Waals surface area (Å²) in [5.74, 6) is -1.86. The number of carbonyl (C=O) groups is 1. The van der Waals surface area contributed by atoms with E-state index in [2.05, 4.69) is 4.98 Å². The van der Waals surface area contributed by atoms with Gasteiger partial charge < -0.3 is 4.74 Å². The molecule has 1 aromatic heterocycles. The van der Waals surface area contributed by atoms with Crippen LogP contribution in [0.2, 0.25) is 0 Å². The molecule has 7 heteroatoms. The number of fused-ring (bicyclic) bond motifs is 1. The first kappa shape index (κ1) is 14.4. The van der Waals surface area contributed by atoms with Crippen molar-refractivity contribution in [2.75, 3.05) is 6.61 Å². The predicted molar refractivity (Wildman–Crippen MR) is 73.4 cm³/mol. The molecule has 2 aromatic rings. The summed E-state index contributed by atoms with van der Waals surface area (Å²) in [6.45, 7) is 1.79. The molecule has 0 aliphatic heterocycles. The number of nitro benzene ring substituents is 1. The van der Waals surface area contributed by atoms with Gasteiger partial charge in [-0.15, -0.1) is 0 Å². The number of non-ortho nitro benzene ring substituents is 1. The van der Waals surface area contributed by atoms with Gasteiger partial charge in [0.15, 0.2) is 5.92 Å². The minimum Gasteiger partial charge on any atom is -0.465 e. The quantitative estimate of drug-likeness (QED) is 0.484. The van der Waals surface area contributed by atoms with Crippen molar-refractivity contribution in [3.05, 3.63) is 46.1 Å². The van der Waals surface area contributed by atoms with Crippen LogP contribution in [-0.4, -0.2) is 22.5 Å². The van der Waals surface area contributed by atoms with Crippen molar-refractivity contribution in [3.63, 3.8) is 0 Å². The van der Waals surface area contributed by atoms with Crippen molar-refractivity contribution in [2.45, 2.75) is 12.8 Å². The highest BCUT2D eigenvalue weighted by atomic mass is 16.6. The summed E-state index contributed by atoms with van der Waals surface area (Å²) in [4.78, 5) is 26.4. The van der Waals surface area contributed by atoms with Crippen LogP contribution in [0.1, 0.15) is 18.4 Å². The van der Waals surface area contributed by atoms with E-state index in [1.165, 1.54) is 24.4 Å². The molecular formula is C14H11N3O4. The molecule has 0 aliphatic rings. The van der Waals surface area contributed by atoms with Crippen LogP contribution in [-0.2, 0) is 9.53 Å². The molecule has 1 atom stereocenters. The monoisotopic (exact) mass is 285 g/mol. The molecule has 0 saturated carbocycles. The summed E-state index contributed by atoms with van der Waals surface area (Å²) in [7, 11) is 0. The van der Waals surface area contributed by atoms with E-state index in [0.717, 1.165) is 0 Å². The smallest absolute Gasteiger partial charge is 0.327 e. The lowest BCUT2D eigenvalue weighted by molar-refractivity contribution is -0.383. The third-order valence-electron chi connectivity index (χ3n) is 2.94. The lowest BCUT2D eigenvalue weighted by Gasteiger charge is -2.11. The zero-order valence-electron chi connectivity index (χ0n) is 11.1. The topological polar surface area (TPSA) is 106 Å². The molecule has 1 unspecified atom stereocenters. The fraction of sp³-hybridized carbons (Fsp3) is 0.214. The molecule has 0 radical (unpaired) electrons. The van der Waals surface area contributed by atoms with E-state index in [0.29, 0.717) is 5.56 Å². The normalized spacial score (nSPS) is 11.6. The van der Waals surface area contributed by atoms with E-state index < -0.39 is 16.8 Å². The maximum Gasteiger partial charge on any atom is 0.327 e. The number of rotatable bonds is 4. The second-order valence-corrected chi connectivity index (χ2v) is 4.14. The zero-order valence-corrected chi connectivity index (χ0v) is 11.1. The predicted octanol–water partition coefficient (Wildman–Crippen LogP) is 2.31. The molecule has 0 aliphatic carbocycles. The van der Waals surface area contributed by atoms with Gasteiger partial charge in [0.25, 0.3) is 5.69 Å². The number of esters is 1. The van der Waals surface area contributed by atoms with Gasteiger partial charge in [-0.05, 0) is 25.1 Å². The molecule has 0 bridgehead atoms. The lowest BCUT2D eigenvalue weighted by atomic mass is 9.97. The van der Waals surface area contributed by atoms with Crippen molar-refractivity contribution in [3.8, 4) is 6.07 Å². The standard InChI is InChI=1S/C14H11N3O4/c1-2-21-14(18)11(8-15)9-5-6-12(17(19)20)10-4-3-7-16-13(9)10/h3-7,11H,2H2,1H3. The summed E-state index contributed by atoms with van der Waals surface area (Å²) in [5, 5.41) is 20.5. The Kier molecular flexibility index (Phi) is 4.09. The summed E-state index contributed by atoms with van der Waals surface area (Å²) in [6, 6.07) is 7.59. The molecule has 7 nitrogen and oxygen atoms in total. The average molecular weight is 285 g/mol. The number of nitro groups is 1. The fourth-order valence-electron chi connectivity index (χ4n) is 2.05. The molecular weight excluding hydrogens is 274 g/mol. The SMILES string of the molecule is CCOC(=O)C(C#N)c1ccc([N+](=O)[O-])c2cccnc12. The van der Waals surface area contributed by atoms with E-state index in [1.54, 1.807) is 13.0 Å². The summed E-state index contributed by atoms with van der Waals surface area (Å²) in [6.07, 6.45) is 1.45. The van der Waals surface area contributed by atoms with Gasteiger partial charge >= 0.3 is 5.97 Å². The molecule has 1 heterocycles. The number of hydrogen-bond acceptors (Lipinski definition) is 6. The van der Waals surface area contributed by atoms with Crippen LogP contribution in [0.4, 0.5) is 5.69 Å². The maximum absolute atomic E-state index is 11.8. The molecule has 1 aromatic carbocycles. The van der Waals surface area contributed by atoms with E-state index in [1.807, 2.05) is 6.07 Å². The Labute approximate surface area is 119 Å². The Balaban J connectivity index is 2.66. The lowest BCUT2D eigenvalue weighted by Crippen LogP contribution is -2.15. The van der Waals surface area contributed by atoms with E-state index in [-0.39, 0.29) is 23.2 Å². The molecule has 106 valence electrons. The number of carbonyl (C=O) groups excluding carboxylic acids is 1. The third kappa shape index (κ3) is 2.65. The molecule has 0 spiro atoms. The number of ether oxygens (including phenoxy) is 1. The Bertz CT molecular complexity index is 751. The number of hydrogen-bond donors (Lipinski definition) is 0. The van der Waals surface area contributed by atoms with Gasteiger partial charge in [-0.2, -0.15) is 5.26 Å². The second-order valence-electron chi connectivity index (χ2n) is 4.14. The highest BCUT2D eigenvalue weighted by molar-refractivity contribution is 5.95. The van der Waals surface area contributed by atoms with Crippen LogP contribution < -0.4 is 0 Å². The molecule has 0 N–H and O–H groups in total. The van der Waals surface area contributed by atoms with E-state index in [9.17, 15) is 20.2 Å². The van der Waals surface area contributed by atoms with Crippen molar-refractivity contribution < 1.29 is 14.5 Å². The third-order valence-corrected chi connectivity index (χ3v) is 2.94. The highest BCUT2D eigenvalue weighted by Gasteiger charge is 2.26. The first-order valence-corrected chi connectivity index (χ1v) is 6.18. The Morgan fingerprint density at radius 1 is 1.52 bits per heavy atom. The van der Waals surface area contributed by atoms with Crippen LogP contribution in [0.3, 0.4) is 0 Å². The number of nitrogens with zero attached hydrogens (tertiary/aromatic N) is 3. The largest absolute Gasteiger partial charge is 0.465 e. The Hall–Kier alpha value is -3.01. The van der Waals surface area contributed by atoms with Crippen LogP contribution in [0.15, 0.2) is 30.5 Å². The van der Waals surface area contributed by atoms with Gasteiger partial charge in [-0.3, -0.25) is 19.9 Å². The minimum atomic E-state index is -1.16. The van der Waals surface area contributed by atoms with Crippen molar-refractivity contribution in [2.24, 2.45) is 0 Å². The number of nitriles is 1. The van der Waals surface area contributed by atoms with Crippen LogP contribution in [0.5, 0.6) is 0 Å². The Morgan fingerprint density at radius 2 is 2.29 bits per heavy atom. The summed E-state index contributed by atoms with van der Waals surface area (Å²) >= 11 is 0. The summed E-state index contributed by atoms with van der Waals surface area (Å²) in [5.41, 5.74) is 0.436. The van der Waals surface area contributed by atoms with Crippen LogP contribution in [0.25, 0.3) is 10.9 Å². The minimum absolute atomic E-state index is 0.123. The average Bonchev–Trinajstić information content (AvgIpc) is 2.48. The highest BCUT2D eigenvalue weighted by Crippen LogP contribution is 2.31. The second kappa shape index (κ2) is 5.96. The fourth-order valence-corrected chi connectivity index (χ4v) is 2.05. The summed E-state index contributed by atoms with van der Waals surface area (Å²) < 4.78 is 4.85. The zero-order chi connectivity index (χ0) is 15.4. The van der Waals surface area contributed by atoms with Gasteiger partial charge in [0.2, 0.25) is 0 Å². The number of aromatic nitrogens is 1. The van der Waals surface area contributed by atoms with Crippen LogP contribution in [0, 0.1) is 21.4 Å². The first-order valence-electron chi connectivity index (χ1n) is 6.18. The van der Waals surface area contributed by atoms with Gasteiger partial charge in [0, 0.05) is 17.8 Å². The molecule has 0 saturated heterocycles. The molecule has 0 fully saturated rings. The van der Waals surface area contributed by atoms with E-state index in [4.69, 9.17) is 4.74 Å². The molecule has 0 amide bonds. The maximum atomic E-state index is 11.8. The molecule has 21 heavy (non-hydrogen) atoms. The van der Waals surface area contributed by atoms with Crippen LogP contribution >= 0.6 is 0 Å². The van der Waals surface area contributed by atoms with Crippen molar-refractivity contribution in [1.29, 1.82) is 5.26 Å². The number of pyridine rings is 1. The van der Waals surface area contributed by atoms with Gasteiger partial charge in [-0.1, -0.05) is 0 Å². The van der Waals surface area contributed by atoms with Crippen molar-refractivity contribution >= 4 is 22.6 Å². The van der Waals surface area contributed by atoms with Gasteiger partial charge in [0.05, 0.1) is 28.5 Å². The first-order chi connectivity index (χ1) is 10.1. The van der Waals surface area contributed by atoms with Crippen molar-refractivity contribution in [1.82, 2.24) is 4.98 Å². The molecule has 2 rings (SSSR count). The number of benzene rings is 1. The van der Waals surface area contributed by atoms with Gasteiger partial charge in [-0.25, -0.2) is 0 Å².